The molecule has 0 atom stereocenters. The lowest BCUT2D eigenvalue weighted by molar-refractivity contribution is -0.131. The van der Waals surface area contributed by atoms with Gasteiger partial charge in [-0.05, 0) is 36.6 Å². The normalized spacial score (nSPS) is 11.0. The number of ether oxygens (including phenoxy) is 1. The highest BCUT2D eigenvalue weighted by molar-refractivity contribution is 5.85. The second-order valence-corrected chi connectivity index (χ2v) is 6.08. The molecule has 24 heavy (non-hydrogen) atoms. The Bertz CT molecular complexity index is 526. The Morgan fingerprint density at radius 3 is 2.54 bits per heavy atom. The Hall–Kier alpha value is -1.97. The fourth-order valence-corrected chi connectivity index (χ4v) is 2.48. The maximum absolute atomic E-state index is 10.7. The van der Waals surface area contributed by atoms with Crippen molar-refractivity contribution in [3.63, 3.8) is 0 Å². The second-order valence-electron chi connectivity index (χ2n) is 6.08. The lowest BCUT2D eigenvalue weighted by Gasteiger charge is -2.23. The molecular formula is C20H31NO3. The van der Waals surface area contributed by atoms with E-state index in [-0.39, 0.29) is 0 Å². The zero-order chi connectivity index (χ0) is 17.8. The standard InChI is InChI=1S/C20H31NO3/c1-4-6-8-14-21(3)18-16-17(11-13-20(22)23)10-12-19(18)24-15-9-7-5-2/h10-13,16H,4-9,14-15H2,1-3H3,(H,22,23). The molecule has 0 aliphatic carbocycles. The molecule has 1 N–H and O–H groups in total. The SMILES string of the molecule is CCCCCOc1ccc(C=CC(=O)O)cc1N(C)CCCCC. The van der Waals surface area contributed by atoms with Gasteiger partial charge in [0.2, 0.25) is 0 Å². The zero-order valence-corrected chi connectivity index (χ0v) is 15.3. The Labute approximate surface area is 146 Å². The van der Waals surface area contributed by atoms with E-state index in [0.29, 0.717) is 6.61 Å². The Balaban J connectivity index is 2.88. The van der Waals surface area contributed by atoms with Crippen LogP contribution in [0.1, 0.15) is 57.9 Å². The van der Waals surface area contributed by atoms with Gasteiger partial charge < -0.3 is 14.7 Å². The second kappa shape index (κ2) is 11.5. The quantitative estimate of drug-likeness (QED) is 0.433. The van der Waals surface area contributed by atoms with Gasteiger partial charge in [-0.1, -0.05) is 45.6 Å². The molecule has 1 rings (SSSR count). The third kappa shape index (κ3) is 7.53. The summed E-state index contributed by atoms with van der Waals surface area (Å²) in [6.07, 6.45) is 9.70. The van der Waals surface area contributed by atoms with Crippen molar-refractivity contribution < 1.29 is 14.6 Å². The Morgan fingerprint density at radius 1 is 1.17 bits per heavy atom. The highest BCUT2D eigenvalue weighted by Gasteiger charge is 2.09. The Morgan fingerprint density at radius 2 is 1.88 bits per heavy atom. The summed E-state index contributed by atoms with van der Waals surface area (Å²) in [6.45, 7) is 6.05. The average Bonchev–Trinajstić information content (AvgIpc) is 2.57. The number of anilines is 1. The molecule has 0 amide bonds. The molecule has 4 nitrogen and oxygen atoms in total. The predicted octanol–water partition coefficient (Wildman–Crippen LogP) is 4.98. The number of carbonyl (C=O) groups is 1. The van der Waals surface area contributed by atoms with Crippen LogP contribution in [0.25, 0.3) is 6.08 Å². The van der Waals surface area contributed by atoms with Gasteiger partial charge in [-0.25, -0.2) is 4.79 Å². The Kier molecular flexibility index (Phi) is 9.66. The van der Waals surface area contributed by atoms with Crippen molar-refractivity contribution in [2.75, 3.05) is 25.1 Å². The number of hydrogen-bond donors (Lipinski definition) is 1. The fourth-order valence-electron chi connectivity index (χ4n) is 2.48. The van der Waals surface area contributed by atoms with Gasteiger partial charge >= 0.3 is 5.97 Å². The first-order valence-corrected chi connectivity index (χ1v) is 8.97. The van der Waals surface area contributed by atoms with Gasteiger partial charge in [-0.3, -0.25) is 0 Å². The first-order chi connectivity index (χ1) is 11.6. The molecule has 0 aliphatic rings. The van der Waals surface area contributed by atoms with E-state index in [1.165, 1.54) is 25.7 Å². The first-order valence-electron chi connectivity index (χ1n) is 8.97. The van der Waals surface area contributed by atoms with E-state index in [1.807, 2.05) is 18.2 Å². The molecule has 0 spiro atoms. The molecular weight excluding hydrogens is 302 g/mol. The zero-order valence-electron chi connectivity index (χ0n) is 15.3. The van der Waals surface area contributed by atoms with E-state index in [1.54, 1.807) is 6.08 Å². The van der Waals surface area contributed by atoms with Gasteiger partial charge in [-0.2, -0.15) is 0 Å². The van der Waals surface area contributed by atoms with Crippen molar-refractivity contribution >= 4 is 17.7 Å². The summed E-state index contributed by atoms with van der Waals surface area (Å²) in [5, 5.41) is 8.80. The van der Waals surface area contributed by atoms with Gasteiger partial charge in [-0.15, -0.1) is 0 Å². The van der Waals surface area contributed by atoms with Crippen molar-refractivity contribution in [2.45, 2.75) is 52.4 Å². The van der Waals surface area contributed by atoms with Crippen LogP contribution in [-0.2, 0) is 4.79 Å². The number of carboxylic acids is 1. The number of hydrogen-bond acceptors (Lipinski definition) is 3. The summed E-state index contributed by atoms with van der Waals surface area (Å²) in [4.78, 5) is 12.9. The van der Waals surface area contributed by atoms with E-state index in [0.717, 1.165) is 42.5 Å². The molecule has 1 aromatic carbocycles. The third-order valence-corrected chi connectivity index (χ3v) is 3.92. The van der Waals surface area contributed by atoms with Crippen LogP contribution in [0.4, 0.5) is 5.69 Å². The van der Waals surface area contributed by atoms with Crippen LogP contribution >= 0.6 is 0 Å². The minimum Gasteiger partial charge on any atom is -0.491 e. The predicted molar refractivity (Wildman–Crippen MR) is 101 cm³/mol. The lowest BCUT2D eigenvalue weighted by atomic mass is 10.1. The van der Waals surface area contributed by atoms with Crippen LogP contribution in [-0.4, -0.2) is 31.3 Å². The van der Waals surface area contributed by atoms with Crippen LogP contribution in [0.15, 0.2) is 24.3 Å². The largest absolute Gasteiger partial charge is 0.491 e. The van der Waals surface area contributed by atoms with E-state index < -0.39 is 5.97 Å². The molecule has 4 heteroatoms. The van der Waals surface area contributed by atoms with Crippen molar-refractivity contribution in [1.82, 2.24) is 0 Å². The van der Waals surface area contributed by atoms with Crippen molar-refractivity contribution in [3.8, 4) is 5.75 Å². The maximum Gasteiger partial charge on any atom is 0.328 e. The molecule has 0 fully saturated rings. The summed E-state index contributed by atoms with van der Waals surface area (Å²) in [7, 11) is 2.06. The molecule has 0 saturated carbocycles. The van der Waals surface area contributed by atoms with Crippen LogP contribution in [0.3, 0.4) is 0 Å². The van der Waals surface area contributed by atoms with Gasteiger partial charge in [0.05, 0.1) is 12.3 Å². The van der Waals surface area contributed by atoms with Crippen molar-refractivity contribution in [2.24, 2.45) is 0 Å². The number of nitrogens with zero attached hydrogens (tertiary/aromatic N) is 1. The monoisotopic (exact) mass is 333 g/mol. The average molecular weight is 333 g/mol. The van der Waals surface area contributed by atoms with Crippen LogP contribution in [0, 0.1) is 0 Å². The molecule has 0 saturated heterocycles. The van der Waals surface area contributed by atoms with E-state index >= 15 is 0 Å². The smallest absolute Gasteiger partial charge is 0.328 e. The molecule has 134 valence electrons. The third-order valence-electron chi connectivity index (χ3n) is 3.92. The van der Waals surface area contributed by atoms with Gasteiger partial charge in [0, 0.05) is 19.7 Å². The first kappa shape index (κ1) is 20.1. The van der Waals surface area contributed by atoms with Crippen LogP contribution < -0.4 is 9.64 Å². The minimum absolute atomic E-state index is 0.716. The lowest BCUT2D eigenvalue weighted by Crippen LogP contribution is -2.19. The number of carboxylic acid groups (broad SMARTS) is 1. The summed E-state index contributed by atoms with van der Waals surface area (Å²) in [5.41, 5.74) is 1.89. The molecule has 0 heterocycles. The minimum atomic E-state index is -0.937. The topological polar surface area (TPSA) is 49.8 Å². The van der Waals surface area contributed by atoms with Gasteiger partial charge in [0.15, 0.2) is 0 Å². The van der Waals surface area contributed by atoms with Gasteiger partial charge in [0.1, 0.15) is 5.75 Å². The summed E-state index contributed by atoms with van der Waals surface area (Å²) >= 11 is 0. The maximum atomic E-state index is 10.7. The number of benzene rings is 1. The van der Waals surface area contributed by atoms with E-state index in [4.69, 9.17) is 9.84 Å². The van der Waals surface area contributed by atoms with Crippen LogP contribution in [0.2, 0.25) is 0 Å². The molecule has 0 unspecified atom stereocenters. The number of unbranched alkanes of at least 4 members (excludes halogenated alkanes) is 4. The summed E-state index contributed by atoms with van der Waals surface area (Å²) < 4.78 is 5.97. The summed E-state index contributed by atoms with van der Waals surface area (Å²) in [6, 6.07) is 5.84. The highest BCUT2D eigenvalue weighted by Crippen LogP contribution is 2.30. The highest BCUT2D eigenvalue weighted by atomic mass is 16.5. The molecule has 0 aliphatic heterocycles. The molecule has 1 aromatic rings. The summed E-state index contributed by atoms with van der Waals surface area (Å²) in [5.74, 6) is -0.0645. The molecule has 0 aromatic heterocycles. The molecule has 0 radical (unpaired) electrons. The van der Waals surface area contributed by atoms with Crippen molar-refractivity contribution in [1.29, 1.82) is 0 Å². The fraction of sp³-hybridized carbons (Fsp3) is 0.550. The van der Waals surface area contributed by atoms with Gasteiger partial charge in [0.25, 0.3) is 0 Å². The van der Waals surface area contributed by atoms with E-state index in [9.17, 15) is 4.79 Å². The van der Waals surface area contributed by atoms with Crippen LogP contribution in [0.5, 0.6) is 5.75 Å². The molecule has 0 bridgehead atoms. The number of rotatable bonds is 12. The number of aliphatic carboxylic acids is 1. The van der Waals surface area contributed by atoms with E-state index in [2.05, 4.69) is 25.8 Å². The van der Waals surface area contributed by atoms with Crippen molar-refractivity contribution in [3.05, 3.63) is 29.8 Å².